The Morgan fingerprint density at radius 2 is 1.70 bits per heavy atom. The Labute approximate surface area is 189 Å². The number of hydrogen-bond donors (Lipinski definition) is 2. The number of carboxylic acids is 1. The second-order valence-corrected chi connectivity index (χ2v) is 6.69. The number of nitrogens with one attached hydrogen (secondary N) is 1. The number of benzene rings is 2. The number of rotatable bonds is 10. The monoisotopic (exact) mass is 456 g/mol. The summed E-state index contributed by atoms with van der Waals surface area (Å²) >= 11 is 0. The van der Waals surface area contributed by atoms with E-state index in [1.54, 1.807) is 43.5 Å². The summed E-state index contributed by atoms with van der Waals surface area (Å²) in [4.78, 5) is 27.8. The van der Waals surface area contributed by atoms with Crippen LogP contribution in [0.3, 0.4) is 0 Å². The molecule has 0 saturated heterocycles. The second kappa shape index (κ2) is 10.4. The van der Waals surface area contributed by atoms with Crippen molar-refractivity contribution in [2.75, 3.05) is 35.0 Å². The van der Waals surface area contributed by atoms with Gasteiger partial charge in [-0.2, -0.15) is 0 Å². The van der Waals surface area contributed by atoms with E-state index in [0.717, 1.165) is 0 Å². The van der Waals surface area contributed by atoms with Crippen molar-refractivity contribution in [3.8, 4) is 40.1 Å². The van der Waals surface area contributed by atoms with Gasteiger partial charge in [0.1, 0.15) is 5.75 Å². The fraction of sp³-hybridized carbons (Fsp3) is 0.273. The fourth-order valence-electron chi connectivity index (χ4n) is 3.09. The molecular formula is C22H24N4O7. The average Bonchev–Trinajstić information content (AvgIpc) is 3.28. The average molecular weight is 456 g/mol. The van der Waals surface area contributed by atoms with E-state index in [0.29, 0.717) is 40.1 Å². The highest BCUT2D eigenvalue weighted by atomic mass is 16.5. The largest absolute Gasteiger partial charge is 0.497 e. The number of ether oxygens (including phenoxy) is 4. The van der Waals surface area contributed by atoms with Crippen molar-refractivity contribution in [3.63, 3.8) is 0 Å². The molecule has 1 aromatic heterocycles. The van der Waals surface area contributed by atoms with E-state index in [-0.39, 0.29) is 18.8 Å². The molecule has 33 heavy (non-hydrogen) atoms. The zero-order chi connectivity index (χ0) is 24.0. The standard InChI is InChI=1S/C22H24N4O7/c1-30-15-7-5-6-14(12-15)26-21(24-20(25-26)22(29)23-9-8-18(27)28)13-10-16(31-2)19(33-4)17(11-13)32-3/h5-7,10-12H,8-9H2,1-4H3,(H,23,29)(H,27,28). The van der Waals surface area contributed by atoms with Gasteiger partial charge in [-0.05, 0) is 24.3 Å². The molecule has 3 rings (SSSR count). The number of aliphatic carboxylic acids is 1. The lowest BCUT2D eigenvalue weighted by molar-refractivity contribution is -0.136. The van der Waals surface area contributed by atoms with Crippen LogP contribution >= 0.6 is 0 Å². The maximum Gasteiger partial charge on any atom is 0.305 e. The Bertz CT molecular complexity index is 1130. The van der Waals surface area contributed by atoms with E-state index in [1.807, 2.05) is 0 Å². The summed E-state index contributed by atoms with van der Waals surface area (Å²) in [6.07, 6.45) is -0.220. The molecule has 0 atom stereocenters. The number of nitrogens with zero attached hydrogens (tertiary/aromatic N) is 3. The topological polar surface area (TPSA) is 134 Å². The highest BCUT2D eigenvalue weighted by molar-refractivity contribution is 5.91. The normalized spacial score (nSPS) is 10.4. The predicted octanol–water partition coefficient (Wildman–Crippen LogP) is 2.17. The van der Waals surface area contributed by atoms with Gasteiger partial charge >= 0.3 is 5.97 Å². The molecule has 2 N–H and O–H groups in total. The summed E-state index contributed by atoms with van der Waals surface area (Å²) in [6.45, 7) is -0.0542. The lowest BCUT2D eigenvalue weighted by Crippen LogP contribution is -2.27. The number of aromatic nitrogens is 3. The number of carbonyl (C=O) groups excluding carboxylic acids is 1. The van der Waals surface area contributed by atoms with Gasteiger partial charge in [0, 0.05) is 18.2 Å². The number of carboxylic acid groups (broad SMARTS) is 1. The van der Waals surface area contributed by atoms with Gasteiger partial charge in [-0.15, -0.1) is 5.10 Å². The van der Waals surface area contributed by atoms with Gasteiger partial charge in [-0.3, -0.25) is 9.59 Å². The third kappa shape index (κ3) is 5.14. The lowest BCUT2D eigenvalue weighted by Gasteiger charge is -2.14. The molecule has 0 aliphatic rings. The summed E-state index contributed by atoms with van der Waals surface area (Å²) in [6, 6.07) is 10.5. The van der Waals surface area contributed by atoms with Crippen LogP contribution in [0.5, 0.6) is 23.0 Å². The van der Waals surface area contributed by atoms with Gasteiger partial charge in [0.2, 0.25) is 11.6 Å². The van der Waals surface area contributed by atoms with Crippen LogP contribution in [0.25, 0.3) is 17.1 Å². The first-order valence-corrected chi connectivity index (χ1v) is 9.83. The Morgan fingerprint density at radius 1 is 1.00 bits per heavy atom. The van der Waals surface area contributed by atoms with Crippen LogP contribution in [0.15, 0.2) is 36.4 Å². The highest BCUT2D eigenvalue weighted by Crippen LogP contribution is 2.41. The zero-order valence-corrected chi connectivity index (χ0v) is 18.6. The summed E-state index contributed by atoms with van der Waals surface area (Å²) < 4.78 is 23.0. The first kappa shape index (κ1) is 23.4. The molecule has 0 unspecified atom stereocenters. The van der Waals surface area contributed by atoms with Crippen LogP contribution in [0.2, 0.25) is 0 Å². The molecule has 11 heteroatoms. The van der Waals surface area contributed by atoms with Crippen molar-refractivity contribution in [3.05, 3.63) is 42.2 Å². The minimum absolute atomic E-state index is 0.0542. The Balaban J connectivity index is 2.14. The fourth-order valence-corrected chi connectivity index (χ4v) is 3.09. The molecule has 0 aliphatic heterocycles. The molecule has 174 valence electrons. The molecule has 0 spiro atoms. The summed E-state index contributed by atoms with van der Waals surface area (Å²) in [5.41, 5.74) is 1.14. The first-order chi connectivity index (χ1) is 15.9. The van der Waals surface area contributed by atoms with Crippen molar-refractivity contribution in [2.24, 2.45) is 0 Å². The maximum atomic E-state index is 12.6. The van der Waals surface area contributed by atoms with Crippen molar-refractivity contribution in [2.45, 2.75) is 6.42 Å². The number of carbonyl (C=O) groups is 2. The molecule has 0 fully saturated rings. The summed E-state index contributed by atoms with van der Waals surface area (Å²) in [7, 11) is 6.03. The molecule has 0 radical (unpaired) electrons. The smallest absolute Gasteiger partial charge is 0.305 e. The van der Waals surface area contributed by atoms with Crippen molar-refractivity contribution in [1.29, 1.82) is 0 Å². The van der Waals surface area contributed by atoms with E-state index in [2.05, 4.69) is 15.4 Å². The Hall–Kier alpha value is -4.28. The Morgan fingerprint density at radius 3 is 2.27 bits per heavy atom. The molecule has 1 amide bonds. The maximum absolute atomic E-state index is 12.6. The SMILES string of the molecule is COc1cccc(-n2nc(C(=O)NCCC(=O)O)nc2-c2cc(OC)c(OC)c(OC)c2)c1. The van der Waals surface area contributed by atoms with Gasteiger partial charge < -0.3 is 29.4 Å². The summed E-state index contributed by atoms with van der Waals surface area (Å²) in [5, 5.41) is 15.7. The molecular weight excluding hydrogens is 432 g/mol. The highest BCUT2D eigenvalue weighted by Gasteiger charge is 2.22. The predicted molar refractivity (Wildman–Crippen MR) is 118 cm³/mol. The molecule has 1 heterocycles. The van der Waals surface area contributed by atoms with Crippen molar-refractivity contribution >= 4 is 11.9 Å². The van der Waals surface area contributed by atoms with E-state index in [1.165, 1.54) is 26.0 Å². The van der Waals surface area contributed by atoms with Crippen molar-refractivity contribution in [1.82, 2.24) is 20.1 Å². The van der Waals surface area contributed by atoms with Crippen LogP contribution in [-0.4, -0.2) is 66.7 Å². The second-order valence-electron chi connectivity index (χ2n) is 6.69. The molecule has 11 nitrogen and oxygen atoms in total. The first-order valence-electron chi connectivity index (χ1n) is 9.83. The molecule has 0 aliphatic carbocycles. The van der Waals surface area contributed by atoms with E-state index < -0.39 is 11.9 Å². The molecule has 3 aromatic rings. The van der Waals surface area contributed by atoms with Crippen LogP contribution in [0, 0.1) is 0 Å². The van der Waals surface area contributed by atoms with Crippen molar-refractivity contribution < 1.29 is 33.6 Å². The Kier molecular flexibility index (Phi) is 7.34. The summed E-state index contributed by atoms with van der Waals surface area (Å²) in [5.74, 6) is 0.362. The minimum Gasteiger partial charge on any atom is -0.497 e. The van der Waals surface area contributed by atoms with Crippen LogP contribution < -0.4 is 24.3 Å². The van der Waals surface area contributed by atoms with Gasteiger partial charge in [-0.1, -0.05) is 6.07 Å². The number of amides is 1. The molecule has 0 bridgehead atoms. The van der Waals surface area contributed by atoms with E-state index >= 15 is 0 Å². The van der Waals surface area contributed by atoms with Crippen LogP contribution in [0.4, 0.5) is 0 Å². The number of hydrogen-bond acceptors (Lipinski definition) is 8. The van der Waals surface area contributed by atoms with Gasteiger partial charge in [-0.25, -0.2) is 9.67 Å². The van der Waals surface area contributed by atoms with Gasteiger partial charge in [0.25, 0.3) is 5.91 Å². The molecule has 2 aromatic carbocycles. The quantitative estimate of drug-likeness (QED) is 0.471. The van der Waals surface area contributed by atoms with E-state index in [9.17, 15) is 9.59 Å². The van der Waals surface area contributed by atoms with Gasteiger partial charge in [0.15, 0.2) is 17.3 Å². The molecule has 0 saturated carbocycles. The number of methoxy groups -OCH3 is 4. The lowest BCUT2D eigenvalue weighted by atomic mass is 10.1. The zero-order valence-electron chi connectivity index (χ0n) is 18.6. The third-order valence-corrected chi connectivity index (χ3v) is 4.66. The minimum atomic E-state index is -1.02. The van der Waals surface area contributed by atoms with E-state index in [4.69, 9.17) is 24.1 Å². The van der Waals surface area contributed by atoms with Gasteiger partial charge in [0.05, 0.1) is 40.5 Å². The van der Waals surface area contributed by atoms with Crippen LogP contribution in [0.1, 0.15) is 17.0 Å². The van der Waals surface area contributed by atoms with Crippen LogP contribution in [-0.2, 0) is 4.79 Å². The third-order valence-electron chi connectivity index (χ3n) is 4.66.